The van der Waals surface area contributed by atoms with E-state index < -0.39 is 11.9 Å². The lowest BCUT2D eigenvalue weighted by Crippen LogP contribution is -2.01. The van der Waals surface area contributed by atoms with Crippen molar-refractivity contribution < 1.29 is 19.8 Å². The van der Waals surface area contributed by atoms with Gasteiger partial charge in [0, 0.05) is 12.8 Å². The topological polar surface area (TPSA) is 74.6 Å². The van der Waals surface area contributed by atoms with Crippen LogP contribution in [-0.2, 0) is 22.4 Å². The van der Waals surface area contributed by atoms with Gasteiger partial charge in [-0.3, -0.25) is 9.59 Å². The molecule has 0 radical (unpaired) electrons. The third-order valence-corrected chi connectivity index (χ3v) is 10.6. The number of carboxylic acids is 2. The minimum atomic E-state index is -0.657. The molecule has 0 amide bonds. The van der Waals surface area contributed by atoms with Crippen molar-refractivity contribution in [3.63, 3.8) is 0 Å². The lowest BCUT2D eigenvalue weighted by atomic mass is 9.90. The van der Waals surface area contributed by atoms with E-state index >= 15 is 0 Å². The first kappa shape index (κ1) is 44.2. The molecule has 4 heteroatoms. The monoisotopic (exact) mass is 671 g/mol. The van der Waals surface area contributed by atoms with Gasteiger partial charge in [0.2, 0.25) is 0 Å². The Labute approximate surface area is 297 Å². The number of carboxylic acid groups (broad SMARTS) is 2. The van der Waals surface area contributed by atoms with Crippen LogP contribution in [0.2, 0.25) is 0 Å². The van der Waals surface area contributed by atoms with Crippen LogP contribution in [0.4, 0.5) is 0 Å². The van der Waals surface area contributed by atoms with Crippen LogP contribution in [-0.4, -0.2) is 22.2 Å². The summed E-state index contributed by atoms with van der Waals surface area (Å²) in [6.45, 7) is 4.63. The predicted octanol–water partition coefficient (Wildman–Crippen LogP) is 14.0. The fourth-order valence-corrected chi connectivity index (χ4v) is 7.28. The molecule has 0 aliphatic carbocycles. The molecule has 0 atom stereocenters. The molecule has 0 saturated heterocycles. The first-order valence-corrected chi connectivity index (χ1v) is 20.9. The third kappa shape index (κ3) is 27.0. The molecule has 0 saturated carbocycles. The van der Waals surface area contributed by atoms with Crippen molar-refractivity contribution in [1.82, 2.24) is 0 Å². The predicted molar refractivity (Wildman–Crippen MR) is 206 cm³/mol. The first-order chi connectivity index (χ1) is 23.4. The van der Waals surface area contributed by atoms with Crippen LogP contribution in [0, 0.1) is 13.8 Å². The molecule has 48 heavy (non-hydrogen) atoms. The van der Waals surface area contributed by atoms with E-state index in [-0.39, 0.29) is 0 Å². The molecule has 1 aromatic carbocycles. The Morgan fingerprint density at radius 3 is 0.979 bits per heavy atom. The highest BCUT2D eigenvalue weighted by Crippen LogP contribution is 2.24. The zero-order valence-electron chi connectivity index (χ0n) is 31.9. The first-order valence-electron chi connectivity index (χ1n) is 20.9. The average Bonchev–Trinajstić information content (AvgIpc) is 3.06. The van der Waals surface area contributed by atoms with Crippen LogP contribution in [0.5, 0.6) is 0 Å². The van der Waals surface area contributed by atoms with E-state index in [0.717, 1.165) is 25.7 Å². The molecule has 0 aliphatic heterocycles. The number of unbranched alkanes of at least 4 members (excludes halogenated alkanes) is 28. The quantitative estimate of drug-likeness (QED) is 0.0697. The fraction of sp³-hybridized carbons (Fsp3) is 0.818. The molecule has 0 aliphatic rings. The van der Waals surface area contributed by atoms with Gasteiger partial charge in [0.05, 0.1) is 0 Å². The minimum Gasteiger partial charge on any atom is -0.481 e. The van der Waals surface area contributed by atoms with Gasteiger partial charge in [-0.25, -0.2) is 0 Å². The van der Waals surface area contributed by atoms with E-state index in [4.69, 9.17) is 10.2 Å². The molecule has 1 aromatic rings. The summed E-state index contributed by atoms with van der Waals surface area (Å²) < 4.78 is 0. The normalized spacial score (nSPS) is 11.4. The van der Waals surface area contributed by atoms with Gasteiger partial charge in [-0.05, 0) is 74.6 Å². The van der Waals surface area contributed by atoms with E-state index in [9.17, 15) is 9.59 Å². The SMILES string of the molecule is Cc1ccc(CCCCCCCCCCCCCCCCCC(=O)O)c(CCCCCCCCCCCCCCCCCC(=O)O)c1C. The molecular formula is C44H78O4. The second-order valence-corrected chi connectivity index (χ2v) is 15.0. The van der Waals surface area contributed by atoms with Gasteiger partial charge < -0.3 is 10.2 Å². The van der Waals surface area contributed by atoms with Gasteiger partial charge in [0.1, 0.15) is 0 Å². The summed E-state index contributed by atoms with van der Waals surface area (Å²) in [5, 5.41) is 17.4. The molecule has 4 nitrogen and oxygen atoms in total. The van der Waals surface area contributed by atoms with E-state index in [2.05, 4.69) is 26.0 Å². The summed E-state index contributed by atoms with van der Waals surface area (Å²) in [4.78, 5) is 21.1. The van der Waals surface area contributed by atoms with Crippen molar-refractivity contribution in [2.75, 3.05) is 0 Å². The molecule has 2 N–H and O–H groups in total. The molecule has 1 rings (SSSR count). The van der Waals surface area contributed by atoms with E-state index in [1.54, 1.807) is 16.7 Å². The number of hydrogen-bond donors (Lipinski definition) is 2. The van der Waals surface area contributed by atoms with Crippen molar-refractivity contribution >= 4 is 11.9 Å². The standard InChI is InChI=1S/C44H78O4/c1-39-37-38-41(33-29-25-21-17-13-9-5-3-7-11-15-19-23-27-31-35-43(45)46)42(40(39)2)34-30-26-22-18-14-10-6-4-8-12-16-20-24-28-32-36-44(47)48/h37-38H,3-36H2,1-2H3,(H,45,46)(H,47,48). The van der Waals surface area contributed by atoms with Crippen LogP contribution in [0.3, 0.4) is 0 Å². The van der Waals surface area contributed by atoms with Crippen molar-refractivity contribution in [3.8, 4) is 0 Å². The lowest BCUT2D eigenvalue weighted by Gasteiger charge is -2.15. The lowest BCUT2D eigenvalue weighted by molar-refractivity contribution is -0.138. The Bertz CT molecular complexity index is 907. The highest BCUT2D eigenvalue weighted by atomic mass is 16.4. The van der Waals surface area contributed by atoms with Crippen LogP contribution in [0.25, 0.3) is 0 Å². The van der Waals surface area contributed by atoms with Gasteiger partial charge in [0.25, 0.3) is 0 Å². The van der Waals surface area contributed by atoms with Gasteiger partial charge >= 0.3 is 11.9 Å². The Morgan fingerprint density at radius 2 is 0.667 bits per heavy atom. The maximum atomic E-state index is 10.5. The van der Waals surface area contributed by atoms with Crippen molar-refractivity contribution in [2.24, 2.45) is 0 Å². The summed E-state index contributed by atoms with van der Waals surface area (Å²) >= 11 is 0. The fourth-order valence-electron chi connectivity index (χ4n) is 7.28. The van der Waals surface area contributed by atoms with Crippen molar-refractivity contribution in [2.45, 2.75) is 232 Å². The van der Waals surface area contributed by atoms with E-state index in [0.29, 0.717) is 12.8 Å². The number of benzene rings is 1. The molecule has 0 aromatic heterocycles. The molecule has 278 valence electrons. The maximum Gasteiger partial charge on any atom is 0.303 e. The summed E-state index contributed by atoms with van der Waals surface area (Å²) in [6, 6.07) is 4.78. The summed E-state index contributed by atoms with van der Waals surface area (Å²) in [5.74, 6) is -1.31. The van der Waals surface area contributed by atoms with Crippen LogP contribution >= 0.6 is 0 Å². The van der Waals surface area contributed by atoms with Crippen LogP contribution in [0.1, 0.15) is 228 Å². The van der Waals surface area contributed by atoms with Gasteiger partial charge in [-0.2, -0.15) is 0 Å². The summed E-state index contributed by atoms with van der Waals surface area (Å²) in [6.07, 6.45) is 42.2. The number of hydrogen-bond acceptors (Lipinski definition) is 2. The minimum absolute atomic E-state index is 0.334. The molecule has 0 unspecified atom stereocenters. The van der Waals surface area contributed by atoms with Crippen LogP contribution in [0.15, 0.2) is 12.1 Å². The third-order valence-electron chi connectivity index (χ3n) is 10.6. The molecule has 0 fully saturated rings. The van der Waals surface area contributed by atoms with Crippen molar-refractivity contribution in [3.05, 3.63) is 34.4 Å². The molecule has 0 spiro atoms. The Balaban J connectivity index is 1.99. The Kier molecular flexibility index (Phi) is 29.8. The number of rotatable bonds is 36. The Morgan fingerprint density at radius 1 is 0.396 bits per heavy atom. The zero-order valence-corrected chi connectivity index (χ0v) is 31.9. The largest absolute Gasteiger partial charge is 0.481 e. The Hall–Kier alpha value is -1.84. The summed E-state index contributed by atoms with van der Waals surface area (Å²) in [7, 11) is 0. The second kappa shape index (κ2) is 32.4. The second-order valence-electron chi connectivity index (χ2n) is 15.0. The smallest absolute Gasteiger partial charge is 0.303 e. The van der Waals surface area contributed by atoms with Gasteiger partial charge in [-0.1, -0.05) is 179 Å². The van der Waals surface area contributed by atoms with E-state index in [1.807, 2.05) is 0 Å². The molecule has 0 bridgehead atoms. The molecule has 0 heterocycles. The number of aryl methyl sites for hydroxylation is 2. The zero-order chi connectivity index (χ0) is 34.9. The average molecular weight is 671 g/mol. The maximum absolute atomic E-state index is 10.5. The van der Waals surface area contributed by atoms with Gasteiger partial charge in [-0.15, -0.1) is 0 Å². The number of carbonyl (C=O) groups is 2. The van der Waals surface area contributed by atoms with E-state index in [1.165, 1.54) is 185 Å². The molecular weight excluding hydrogens is 592 g/mol. The summed E-state index contributed by atoms with van der Waals surface area (Å²) in [5.41, 5.74) is 6.28. The highest BCUT2D eigenvalue weighted by Gasteiger charge is 2.08. The van der Waals surface area contributed by atoms with Gasteiger partial charge in [0.15, 0.2) is 0 Å². The van der Waals surface area contributed by atoms with Crippen molar-refractivity contribution in [1.29, 1.82) is 0 Å². The highest BCUT2D eigenvalue weighted by molar-refractivity contribution is 5.66. The number of aliphatic carboxylic acids is 2. The van der Waals surface area contributed by atoms with Crippen LogP contribution < -0.4 is 0 Å².